The first-order valence-electron chi connectivity index (χ1n) is 7.49. The van der Waals surface area contributed by atoms with Gasteiger partial charge < -0.3 is 10.8 Å². The van der Waals surface area contributed by atoms with Crippen LogP contribution in [0.2, 0.25) is 0 Å². The summed E-state index contributed by atoms with van der Waals surface area (Å²) in [4.78, 5) is 0. The van der Waals surface area contributed by atoms with E-state index in [1.807, 2.05) is 18.2 Å². The van der Waals surface area contributed by atoms with Gasteiger partial charge in [0.05, 0.1) is 6.10 Å². The second-order valence-corrected chi connectivity index (χ2v) is 6.58. The maximum absolute atomic E-state index is 10.8. The molecular weight excluding hydrogens is 234 g/mol. The molecule has 106 valence electrons. The topological polar surface area (TPSA) is 46.2 Å². The lowest BCUT2D eigenvalue weighted by molar-refractivity contribution is -0.00895. The highest BCUT2D eigenvalue weighted by molar-refractivity contribution is 5.21. The Kier molecular flexibility index (Phi) is 4.64. The molecule has 0 amide bonds. The van der Waals surface area contributed by atoms with E-state index >= 15 is 0 Å². The third kappa shape index (κ3) is 3.18. The van der Waals surface area contributed by atoms with Gasteiger partial charge in [0.1, 0.15) is 0 Å². The number of benzene rings is 1. The van der Waals surface area contributed by atoms with Gasteiger partial charge in [-0.25, -0.2) is 0 Å². The second kappa shape index (κ2) is 6.06. The van der Waals surface area contributed by atoms with Crippen molar-refractivity contribution >= 4 is 0 Å². The van der Waals surface area contributed by atoms with Crippen LogP contribution >= 0.6 is 0 Å². The monoisotopic (exact) mass is 261 g/mol. The highest BCUT2D eigenvalue weighted by Crippen LogP contribution is 2.45. The van der Waals surface area contributed by atoms with Crippen molar-refractivity contribution in [3.05, 3.63) is 35.9 Å². The van der Waals surface area contributed by atoms with Crippen LogP contribution in [0.5, 0.6) is 0 Å². The summed E-state index contributed by atoms with van der Waals surface area (Å²) in [5.41, 5.74) is 7.33. The summed E-state index contributed by atoms with van der Waals surface area (Å²) in [7, 11) is 0. The fraction of sp³-hybridized carbons (Fsp3) is 0.647. The first kappa shape index (κ1) is 14.5. The van der Waals surface area contributed by atoms with Gasteiger partial charge in [-0.05, 0) is 29.7 Å². The second-order valence-electron chi connectivity index (χ2n) is 6.58. The summed E-state index contributed by atoms with van der Waals surface area (Å²) >= 11 is 0. The van der Waals surface area contributed by atoms with Crippen molar-refractivity contribution in [3.8, 4) is 0 Å². The number of rotatable bonds is 4. The average molecular weight is 261 g/mol. The summed E-state index contributed by atoms with van der Waals surface area (Å²) in [6.07, 6.45) is 4.52. The molecule has 3 atom stereocenters. The smallest absolute Gasteiger partial charge is 0.0654 e. The van der Waals surface area contributed by atoms with Crippen LogP contribution in [0.15, 0.2) is 30.3 Å². The van der Waals surface area contributed by atoms with E-state index < -0.39 is 0 Å². The van der Waals surface area contributed by atoms with E-state index in [1.165, 1.54) is 24.8 Å². The van der Waals surface area contributed by atoms with Crippen LogP contribution in [-0.2, 0) is 0 Å². The standard InChI is InChI=1S/C17H27NO/c1-17(2)11-7-6-10-15(17)16(19)14(12-18)13-8-4-3-5-9-13/h3-5,8-9,14-16,19H,6-7,10-12,18H2,1-2H3. The molecule has 0 radical (unpaired) electrons. The van der Waals surface area contributed by atoms with Gasteiger partial charge in [0.15, 0.2) is 0 Å². The molecule has 1 aliphatic carbocycles. The SMILES string of the molecule is CC1(C)CCCCC1C(O)C(CN)c1ccccc1. The van der Waals surface area contributed by atoms with Crippen LogP contribution < -0.4 is 5.73 Å². The lowest BCUT2D eigenvalue weighted by Crippen LogP contribution is -2.41. The quantitative estimate of drug-likeness (QED) is 0.873. The van der Waals surface area contributed by atoms with Gasteiger partial charge in [0, 0.05) is 12.5 Å². The first-order valence-corrected chi connectivity index (χ1v) is 7.49. The zero-order chi connectivity index (χ0) is 13.9. The lowest BCUT2D eigenvalue weighted by atomic mass is 9.64. The van der Waals surface area contributed by atoms with Gasteiger partial charge in [-0.2, -0.15) is 0 Å². The van der Waals surface area contributed by atoms with E-state index in [0.29, 0.717) is 12.5 Å². The Morgan fingerprint density at radius 2 is 1.95 bits per heavy atom. The van der Waals surface area contributed by atoms with Crippen molar-refractivity contribution in [3.63, 3.8) is 0 Å². The van der Waals surface area contributed by atoms with Crippen molar-refractivity contribution in [2.45, 2.75) is 51.6 Å². The van der Waals surface area contributed by atoms with Crippen molar-refractivity contribution < 1.29 is 5.11 Å². The number of aliphatic hydroxyl groups is 1. The molecule has 3 unspecified atom stereocenters. The van der Waals surface area contributed by atoms with Crippen LogP contribution in [0.3, 0.4) is 0 Å². The van der Waals surface area contributed by atoms with Crippen LogP contribution in [0.25, 0.3) is 0 Å². The minimum Gasteiger partial charge on any atom is -0.392 e. The molecule has 3 N–H and O–H groups in total. The zero-order valence-electron chi connectivity index (χ0n) is 12.2. The van der Waals surface area contributed by atoms with Crippen molar-refractivity contribution in [2.24, 2.45) is 17.1 Å². The maximum atomic E-state index is 10.8. The number of hydrogen-bond donors (Lipinski definition) is 2. The summed E-state index contributed by atoms with van der Waals surface area (Å²) in [5.74, 6) is 0.415. The fourth-order valence-electron chi connectivity index (χ4n) is 3.61. The lowest BCUT2D eigenvalue weighted by Gasteiger charge is -2.43. The Morgan fingerprint density at radius 1 is 1.26 bits per heavy atom. The van der Waals surface area contributed by atoms with Crippen molar-refractivity contribution in [1.82, 2.24) is 0 Å². The van der Waals surface area contributed by atoms with Crippen LogP contribution in [0, 0.1) is 11.3 Å². The van der Waals surface area contributed by atoms with E-state index in [4.69, 9.17) is 5.73 Å². The molecule has 1 saturated carbocycles. The zero-order valence-corrected chi connectivity index (χ0v) is 12.2. The summed E-state index contributed by atoms with van der Waals surface area (Å²) in [6, 6.07) is 10.2. The van der Waals surface area contributed by atoms with Gasteiger partial charge >= 0.3 is 0 Å². The molecule has 0 spiro atoms. The Hall–Kier alpha value is -0.860. The molecule has 0 aliphatic heterocycles. The molecule has 19 heavy (non-hydrogen) atoms. The third-order valence-electron chi connectivity index (χ3n) is 4.90. The van der Waals surface area contributed by atoms with Crippen LogP contribution in [-0.4, -0.2) is 17.8 Å². The Bertz CT molecular complexity index is 388. The summed E-state index contributed by atoms with van der Waals surface area (Å²) < 4.78 is 0. The summed E-state index contributed by atoms with van der Waals surface area (Å²) in [5, 5.41) is 10.8. The maximum Gasteiger partial charge on any atom is 0.0654 e. The molecule has 1 fully saturated rings. The predicted molar refractivity (Wildman–Crippen MR) is 80.0 cm³/mol. The molecule has 1 aliphatic rings. The van der Waals surface area contributed by atoms with Gasteiger partial charge in [0.2, 0.25) is 0 Å². The molecule has 1 aromatic carbocycles. The number of aliphatic hydroxyl groups excluding tert-OH is 1. The number of nitrogens with two attached hydrogens (primary N) is 1. The molecule has 0 bridgehead atoms. The molecule has 2 rings (SSSR count). The molecule has 0 heterocycles. The third-order valence-corrected chi connectivity index (χ3v) is 4.90. The number of hydrogen-bond acceptors (Lipinski definition) is 2. The van der Waals surface area contributed by atoms with Gasteiger partial charge in [-0.1, -0.05) is 57.0 Å². The minimum absolute atomic E-state index is 0.0589. The molecule has 2 heteroatoms. The van der Waals surface area contributed by atoms with E-state index in [2.05, 4.69) is 26.0 Å². The summed E-state index contributed by atoms with van der Waals surface area (Å²) in [6.45, 7) is 5.09. The largest absolute Gasteiger partial charge is 0.392 e. The van der Waals surface area contributed by atoms with E-state index in [0.717, 1.165) is 6.42 Å². The average Bonchev–Trinajstić information content (AvgIpc) is 2.40. The van der Waals surface area contributed by atoms with Gasteiger partial charge in [-0.3, -0.25) is 0 Å². The minimum atomic E-state index is -0.331. The van der Waals surface area contributed by atoms with E-state index in [9.17, 15) is 5.11 Å². The molecule has 1 aromatic rings. The highest BCUT2D eigenvalue weighted by Gasteiger charge is 2.39. The molecular formula is C17H27NO. The Labute approximate surface area is 117 Å². The normalized spacial score (nSPS) is 25.8. The van der Waals surface area contributed by atoms with Gasteiger partial charge in [0.25, 0.3) is 0 Å². The highest BCUT2D eigenvalue weighted by atomic mass is 16.3. The molecule has 0 aromatic heterocycles. The Morgan fingerprint density at radius 3 is 2.53 bits per heavy atom. The molecule has 0 saturated heterocycles. The Balaban J connectivity index is 2.18. The predicted octanol–water partition coefficient (Wildman–Crippen LogP) is 3.31. The van der Waals surface area contributed by atoms with Crippen molar-refractivity contribution in [2.75, 3.05) is 6.54 Å². The fourth-order valence-corrected chi connectivity index (χ4v) is 3.61. The van der Waals surface area contributed by atoms with Gasteiger partial charge in [-0.15, -0.1) is 0 Å². The van der Waals surface area contributed by atoms with E-state index in [1.54, 1.807) is 0 Å². The first-order chi connectivity index (χ1) is 9.06. The van der Waals surface area contributed by atoms with Crippen molar-refractivity contribution in [1.29, 1.82) is 0 Å². The van der Waals surface area contributed by atoms with Crippen LogP contribution in [0.1, 0.15) is 51.0 Å². The molecule has 2 nitrogen and oxygen atoms in total. The van der Waals surface area contributed by atoms with E-state index in [-0.39, 0.29) is 17.4 Å². The van der Waals surface area contributed by atoms with Crippen LogP contribution in [0.4, 0.5) is 0 Å².